The van der Waals surface area contributed by atoms with E-state index in [2.05, 4.69) is 10.3 Å². The average molecular weight is 284 g/mol. The first-order chi connectivity index (χ1) is 9.74. The number of carbonyl (C=O) groups excluding carboxylic acids is 1. The molecule has 3 aromatic rings. The first kappa shape index (κ1) is 12.6. The number of rotatable bonds is 3. The lowest BCUT2D eigenvalue weighted by atomic mass is 10.1. The van der Waals surface area contributed by atoms with E-state index in [1.807, 2.05) is 35.7 Å². The number of hydrogen-bond acceptors (Lipinski definition) is 3. The molecule has 0 saturated carbocycles. The summed E-state index contributed by atoms with van der Waals surface area (Å²) in [4.78, 5) is 27.7. The summed E-state index contributed by atoms with van der Waals surface area (Å²) in [5.74, 6) is -0.235. The normalized spacial score (nSPS) is 10.6. The highest BCUT2D eigenvalue weighted by Gasteiger charge is 2.11. The van der Waals surface area contributed by atoms with Crippen LogP contribution in [0.1, 0.15) is 15.2 Å². The third-order valence-electron chi connectivity index (χ3n) is 3.00. The van der Waals surface area contributed by atoms with Crippen molar-refractivity contribution in [1.82, 2.24) is 10.3 Å². The summed E-state index contributed by atoms with van der Waals surface area (Å²) in [6.07, 6.45) is 0. The highest BCUT2D eigenvalue weighted by Crippen LogP contribution is 2.15. The number of benzene rings is 1. The minimum Gasteiger partial charge on any atom is -0.347 e. The Balaban J connectivity index is 1.93. The maximum absolute atomic E-state index is 12.2. The number of fused-ring (bicyclic) bond motifs is 1. The van der Waals surface area contributed by atoms with Crippen LogP contribution in [-0.4, -0.2) is 10.9 Å². The molecule has 3 rings (SSSR count). The molecule has 0 spiro atoms. The summed E-state index contributed by atoms with van der Waals surface area (Å²) in [5.41, 5.74) is 0.798. The number of hydrogen-bond donors (Lipinski definition) is 2. The van der Waals surface area contributed by atoms with Crippen molar-refractivity contribution in [1.29, 1.82) is 0 Å². The Morgan fingerprint density at radius 2 is 2.05 bits per heavy atom. The van der Waals surface area contributed by atoms with Crippen LogP contribution in [0.3, 0.4) is 0 Å². The minimum atomic E-state index is -0.273. The van der Waals surface area contributed by atoms with Crippen LogP contribution in [0.2, 0.25) is 0 Å². The first-order valence-corrected chi connectivity index (χ1v) is 7.04. The zero-order valence-corrected chi connectivity index (χ0v) is 11.4. The highest BCUT2D eigenvalue weighted by atomic mass is 32.1. The molecule has 0 bridgehead atoms. The molecule has 0 saturated heterocycles. The lowest BCUT2D eigenvalue weighted by molar-refractivity contribution is 0.0953. The van der Waals surface area contributed by atoms with Gasteiger partial charge in [0.1, 0.15) is 0 Å². The Morgan fingerprint density at radius 3 is 2.85 bits per heavy atom. The Labute approximate surface area is 119 Å². The van der Waals surface area contributed by atoms with Crippen molar-refractivity contribution in [2.24, 2.45) is 0 Å². The molecule has 0 atom stereocenters. The van der Waals surface area contributed by atoms with Gasteiger partial charge in [-0.1, -0.05) is 24.3 Å². The summed E-state index contributed by atoms with van der Waals surface area (Å²) in [7, 11) is 0. The highest BCUT2D eigenvalue weighted by molar-refractivity contribution is 7.09. The van der Waals surface area contributed by atoms with E-state index in [4.69, 9.17) is 0 Å². The molecule has 2 N–H and O–H groups in total. The zero-order chi connectivity index (χ0) is 13.9. The molecule has 0 aliphatic heterocycles. The summed E-state index contributed by atoms with van der Waals surface area (Å²) in [6.45, 7) is 0.470. The second-order valence-corrected chi connectivity index (χ2v) is 5.39. The van der Waals surface area contributed by atoms with Gasteiger partial charge in [0.25, 0.3) is 5.91 Å². The summed E-state index contributed by atoms with van der Waals surface area (Å²) in [5, 5.41) is 5.55. The van der Waals surface area contributed by atoms with Gasteiger partial charge in [-0.3, -0.25) is 9.59 Å². The van der Waals surface area contributed by atoms with Crippen molar-refractivity contribution < 1.29 is 4.79 Å². The van der Waals surface area contributed by atoms with Crippen LogP contribution in [0.5, 0.6) is 0 Å². The number of aromatic amines is 1. The summed E-state index contributed by atoms with van der Waals surface area (Å²) < 4.78 is 0. The molecular formula is C15H12N2O2S. The van der Waals surface area contributed by atoms with Crippen molar-refractivity contribution in [2.45, 2.75) is 6.54 Å². The number of aromatic nitrogens is 1. The summed E-state index contributed by atoms with van der Waals surface area (Å²) >= 11 is 1.58. The fourth-order valence-electron chi connectivity index (χ4n) is 2.07. The van der Waals surface area contributed by atoms with Crippen LogP contribution in [0, 0.1) is 0 Å². The predicted molar refractivity (Wildman–Crippen MR) is 80.1 cm³/mol. The van der Waals surface area contributed by atoms with Crippen LogP contribution in [0.25, 0.3) is 10.9 Å². The van der Waals surface area contributed by atoms with Gasteiger partial charge in [-0.2, -0.15) is 0 Å². The van der Waals surface area contributed by atoms with Crippen LogP contribution in [0.15, 0.2) is 52.6 Å². The monoisotopic (exact) mass is 284 g/mol. The molecule has 0 unspecified atom stereocenters. The van der Waals surface area contributed by atoms with Crippen molar-refractivity contribution in [3.8, 4) is 0 Å². The van der Waals surface area contributed by atoms with Gasteiger partial charge < -0.3 is 10.3 Å². The second kappa shape index (κ2) is 5.30. The van der Waals surface area contributed by atoms with Crippen molar-refractivity contribution in [3.05, 3.63) is 68.6 Å². The van der Waals surface area contributed by atoms with Crippen LogP contribution < -0.4 is 10.9 Å². The molecule has 5 heteroatoms. The van der Waals surface area contributed by atoms with E-state index in [-0.39, 0.29) is 11.5 Å². The third-order valence-corrected chi connectivity index (χ3v) is 3.87. The minimum absolute atomic E-state index is 0.235. The largest absolute Gasteiger partial charge is 0.347 e. The molecule has 2 aromatic heterocycles. The van der Waals surface area contributed by atoms with Gasteiger partial charge in [0.2, 0.25) is 5.56 Å². The van der Waals surface area contributed by atoms with E-state index in [9.17, 15) is 9.59 Å². The summed E-state index contributed by atoms with van der Waals surface area (Å²) in [6, 6.07) is 12.5. The van der Waals surface area contributed by atoms with E-state index >= 15 is 0 Å². The quantitative estimate of drug-likeness (QED) is 0.776. The van der Waals surface area contributed by atoms with E-state index in [1.165, 1.54) is 6.07 Å². The van der Waals surface area contributed by atoms with E-state index in [1.54, 1.807) is 17.4 Å². The molecule has 1 amide bonds. The molecule has 4 nitrogen and oxygen atoms in total. The molecule has 0 aliphatic rings. The SMILES string of the molecule is O=C(NCc1cccs1)c1cc(=O)[nH]c2ccccc12. The van der Waals surface area contributed by atoms with E-state index in [0.717, 1.165) is 10.3 Å². The van der Waals surface area contributed by atoms with Gasteiger partial charge in [-0.05, 0) is 17.5 Å². The molecule has 100 valence electrons. The molecular weight excluding hydrogens is 272 g/mol. The maximum atomic E-state index is 12.2. The van der Waals surface area contributed by atoms with E-state index in [0.29, 0.717) is 17.6 Å². The van der Waals surface area contributed by atoms with Crippen LogP contribution in [-0.2, 0) is 6.54 Å². The lowest BCUT2D eigenvalue weighted by Crippen LogP contribution is -2.24. The molecule has 20 heavy (non-hydrogen) atoms. The topological polar surface area (TPSA) is 62.0 Å². The fraction of sp³-hybridized carbons (Fsp3) is 0.0667. The first-order valence-electron chi connectivity index (χ1n) is 6.17. The number of carbonyl (C=O) groups is 1. The van der Waals surface area contributed by atoms with Gasteiger partial charge in [-0.25, -0.2) is 0 Å². The van der Waals surface area contributed by atoms with Gasteiger partial charge in [0, 0.05) is 21.8 Å². The number of amides is 1. The molecule has 2 heterocycles. The number of pyridine rings is 1. The molecule has 0 fully saturated rings. The van der Waals surface area contributed by atoms with Crippen molar-refractivity contribution in [3.63, 3.8) is 0 Å². The smallest absolute Gasteiger partial charge is 0.252 e. The maximum Gasteiger partial charge on any atom is 0.252 e. The average Bonchev–Trinajstić information content (AvgIpc) is 2.97. The number of nitrogens with one attached hydrogen (secondary N) is 2. The Morgan fingerprint density at radius 1 is 1.20 bits per heavy atom. The standard InChI is InChI=1S/C15H12N2O2S/c18-14-8-12(11-5-1-2-6-13(11)17-14)15(19)16-9-10-4-3-7-20-10/h1-8H,9H2,(H,16,19)(H,17,18). The molecule has 0 radical (unpaired) electrons. The lowest BCUT2D eigenvalue weighted by Gasteiger charge is -2.06. The molecule has 0 aliphatic carbocycles. The van der Waals surface area contributed by atoms with Crippen LogP contribution >= 0.6 is 11.3 Å². The van der Waals surface area contributed by atoms with Crippen molar-refractivity contribution in [2.75, 3.05) is 0 Å². The van der Waals surface area contributed by atoms with Gasteiger partial charge in [0.05, 0.1) is 12.1 Å². The zero-order valence-electron chi connectivity index (χ0n) is 10.6. The Kier molecular flexibility index (Phi) is 3.35. The van der Waals surface area contributed by atoms with Gasteiger partial charge in [-0.15, -0.1) is 11.3 Å². The number of para-hydroxylation sites is 1. The third kappa shape index (κ3) is 2.48. The van der Waals surface area contributed by atoms with Gasteiger partial charge >= 0.3 is 0 Å². The predicted octanol–water partition coefficient (Wildman–Crippen LogP) is 2.52. The fourth-order valence-corrected chi connectivity index (χ4v) is 2.71. The van der Waals surface area contributed by atoms with Crippen molar-refractivity contribution >= 4 is 28.1 Å². The van der Waals surface area contributed by atoms with E-state index < -0.39 is 0 Å². The Bertz CT molecular complexity index is 806. The number of thiophene rings is 1. The number of H-pyrrole nitrogens is 1. The van der Waals surface area contributed by atoms with Gasteiger partial charge in [0.15, 0.2) is 0 Å². The van der Waals surface area contributed by atoms with Crippen LogP contribution in [0.4, 0.5) is 0 Å². The second-order valence-electron chi connectivity index (χ2n) is 4.35. The molecule has 1 aromatic carbocycles. The Hall–Kier alpha value is -2.40.